The maximum Gasteiger partial charge on any atom is 0.227 e. The van der Waals surface area contributed by atoms with Crippen molar-refractivity contribution in [1.29, 1.82) is 10.5 Å². The van der Waals surface area contributed by atoms with E-state index in [4.69, 9.17) is 10.5 Å². The molecule has 0 atom stereocenters. The predicted octanol–water partition coefficient (Wildman–Crippen LogP) is 3.47. The lowest BCUT2D eigenvalue weighted by Crippen LogP contribution is -2.20. The van der Waals surface area contributed by atoms with Gasteiger partial charge < -0.3 is 10.6 Å². The van der Waals surface area contributed by atoms with Crippen molar-refractivity contribution in [2.45, 2.75) is 32.6 Å². The second kappa shape index (κ2) is 7.28. The van der Waals surface area contributed by atoms with Crippen molar-refractivity contribution in [2.75, 3.05) is 10.6 Å². The molecular weight excluding hydrogens is 276 g/mol. The van der Waals surface area contributed by atoms with Crippen molar-refractivity contribution in [3.05, 3.63) is 35.5 Å². The minimum absolute atomic E-state index is 0.00267. The van der Waals surface area contributed by atoms with Crippen LogP contribution in [0.3, 0.4) is 0 Å². The summed E-state index contributed by atoms with van der Waals surface area (Å²) in [6.07, 6.45) is 5.51. The lowest BCUT2D eigenvalue weighted by atomic mass is 10.1. The first-order valence-electron chi connectivity index (χ1n) is 7.32. The first kappa shape index (κ1) is 15.6. The highest BCUT2D eigenvalue weighted by atomic mass is 16.1. The smallest absolute Gasteiger partial charge is 0.227 e. The summed E-state index contributed by atoms with van der Waals surface area (Å²) in [4.78, 5) is 12.2. The molecule has 0 aromatic heterocycles. The van der Waals surface area contributed by atoms with Gasteiger partial charge in [0.2, 0.25) is 5.91 Å². The van der Waals surface area contributed by atoms with Gasteiger partial charge in [0.1, 0.15) is 17.7 Å². The summed E-state index contributed by atoms with van der Waals surface area (Å²) in [7, 11) is 0. The van der Waals surface area contributed by atoms with Gasteiger partial charge in [0, 0.05) is 23.5 Å². The fraction of sp³-hybridized carbons (Fsp3) is 0.353. The van der Waals surface area contributed by atoms with E-state index in [1.165, 1.54) is 6.20 Å². The van der Waals surface area contributed by atoms with E-state index in [-0.39, 0.29) is 17.4 Å². The number of nitriles is 2. The van der Waals surface area contributed by atoms with Crippen LogP contribution in [0.1, 0.15) is 31.2 Å². The number of hydrogen-bond acceptors (Lipinski definition) is 4. The quantitative estimate of drug-likeness (QED) is 0.832. The number of benzene rings is 1. The molecule has 22 heavy (non-hydrogen) atoms. The Balaban J connectivity index is 2.10. The number of nitrogens with zero attached hydrogens (tertiary/aromatic N) is 2. The van der Waals surface area contributed by atoms with Crippen LogP contribution in [-0.4, -0.2) is 5.91 Å². The number of carbonyl (C=O) groups excluding carboxylic acids is 1. The summed E-state index contributed by atoms with van der Waals surface area (Å²) >= 11 is 0. The first-order valence-corrected chi connectivity index (χ1v) is 7.32. The molecule has 0 unspecified atom stereocenters. The van der Waals surface area contributed by atoms with Crippen molar-refractivity contribution < 1.29 is 4.79 Å². The summed E-state index contributed by atoms with van der Waals surface area (Å²) in [5.74, 6) is 0.183. The number of rotatable bonds is 4. The normalized spacial score (nSPS) is 13.8. The van der Waals surface area contributed by atoms with Crippen LogP contribution in [0.4, 0.5) is 11.4 Å². The van der Waals surface area contributed by atoms with Crippen LogP contribution in [-0.2, 0) is 4.79 Å². The van der Waals surface area contributed by atoms with Crippen LogP contribution in [0.15, 0.2) is 30.0 Å². The minimum Gasteiger partial charge on any atom is -0.360 e. The minimum atomic E-state index is -0.00267. The predicted molar refractivity (Wildman–Crippen MR) is 84.7 cm³/mol. The van der Waals surface area contributed by atoms with E-state index in [1.54, 1.807) is 12.1 Å². The first-order chi connectivity index (χ1) is 10.6. The van der Waals surface area contributed by atoms with Crippen molar-refractivity contribution in [3.8, 4) is 12.1 Å². The molecule has 0 saturated heterocycles. The number of allylic oxidation sites excluding steroid dienone is 1. The SMILES string of the molecule is Cc1ccc(NC=C(C#N)C#N)cc1NC(=O)C1CCCC1. The van der Waals surface area contributed by atoms with E-state index in [1.807, 2.05) is 25.1 Å². The van der Waals surface area contributed by atoms with Crippen LogP contribution in [0.5, 0.6) is 0 Å². The van der Waals surface area contributed by atoms with Crippen molar-refractivity contribution >= 4 is 17.3 Å². The van der Waals surface area contributed by atoms with Crippen LogP contribution in [0.2, 0.25) is 0 Å². The molecule has 0 heterocycles. The molecule has 0 radical (unpaired) electrons. The van der Waals surface area contributed by atoms with Gasteiger partial charge in [0.05, 0.1) is 0 Å². The Hall–Kier alpha value is -2.79. The van der Waals surface area contributed by atoms with Gasteiger partial charge in [-0.05, 0) is 37.5 Å². The third kappa shape index (κ3) is 3.86. The van der Waals surface area contributed by atoms with Crippen LogP contribution >= 0.6 is 0 Å². The number of aryl methyl sites for hydroxylation is 1. The molecule has 1 amide bonds. The van der Waals surface area contributed by atoms with Crippen LogP contribution in [0.25, 0.3) is 0 Å². The second-order valence-electron chi connectivity index (χ2n) is 5.43. The Kier molecular flexibility index (Phi) is 5.16. The van der Waals surface area contributed by atoms with Crippen LogP contribution in [0, 0.1) is 35.5 Å². The summed E-state index contributed by atoms with van der Waals surface area (Å²) in [6.45, 7) is 1.93. The maximum atomic E-state index is 12.2. The number of amides is 1. The Morgan fingerprint density at radius 2 is 1.95 bits per heavy atom. The van der Waals surface area contributed by atoms with Crippen LogP contribution < -0.4 is 10.6 Å². The van der Waals surface area contributed by atoms with Gasteiger partial charge in [0.15, 0.2) is 0 Å². The molecule has 1 saturated carbocycles. The van der Waals surface area contributed by atoms with Crippen molar-refractivity contribution in [2.24, 2.45) is 5.92 Å². The highest BCUT2D eigenvalue weighted by Crippen LogP contribution is 2.27. The standard InChI is InChI=1S/C17H18N4O/c1-12-6-7-15(20-11-13(9-18)10-19)8-16(12)21-17(22)14-4-2-3-5-14/h6-8,11,14,20H,2-5H2,1H3,(H,21,22). The summed E-state index contributed by atoms with van der Waals surface area (Å²) in [5.41, 5.74) is 2.44. The van der Waals surface area contributed by atoms with Gasteiger partial charge in [-0.25, -0.2) is 0 Å². The molecular formula is C17H18N4O. The molecule has 1 fully saturated rings. The molecule has 2 N–H and O–H groups in total. The third-order valence-corrected chi connectivity index (χ3v) is 3.85. The number of carbonyl (C=O) groups is 1. The molecule has 0 spiro atoms. The van der Waals surface area contributed by atoms with Gasteiger partial charge in [-0.3, -0.25) is 4.79 Å². The largest absolute Gasteiger partial charge is 0.360 e. The van der Waals surface area contributed by atoms with E-state index >= 15 is 0 Å². The molecule has 1 aliphatic carbocycles. The molecule has 112 valence electrons. The summed E-state index contributed by atoms with van der Waals surface area (Å²) in [5, 5.41) is 23.3. The molecule has 1 aliphatic rings. The number of anilines is 2. The molecule has 0 aliphatic heterocycles. The fourth-order valence-electron chi connectivity index (χ4n) is 2.51. The Morgan fingerprint density at radius 3 is 2.59 bits per heavy atom. The number of nitrogens with one attached hydrogen (secondary N) is 2. The van der Waals surface area contributed by atoms with Crippen molar-refractivity contribution in [3.63, 3.8) is 0 Å². The third-order valence-electron chi connectivity index (χ3n) is 3.85. The van der Waals surface area contributed by atoms with Gasteiger partial charge in [-0.1, -0.05) is 18.9 Å². The van der Waals surface area contributed by atoms with Gasteiger partial charge in [0.25, 0.3) is 0 Å². The van der Waals surface area contributed by atoms with Gasteiger partial charge in [-0.15, -0.1) is 0 Å². The molecule has 5 nitrogen and oxygen atoms in total. The summed E-state index contributed by atoms with van der Waals surface area (Å²) in [6, 6.07) is 9.11. The molecule has 1 aromatic rings. The zero-order chi connectivity index (χ0) is 15.9. The molecule has 5 heteroatoms. The molecule has 1 aromatic carbocycles. The zero-order valence-electron chi connectivity index (χ0n) is 12.5. The van der Waals surface area contributed by atoms with E-state index in [0.717, 1.165) is 42.6 Å². The fourth-order valence-corrected chi connectivity index (χ4v) is 2.51. The lowest BCUT2D eigenvalue weighted by Gasteiger charge is -2.13. The van der Waals surface area contributed by atoms with E-state index < -0.39 is 0 Å². The average molecular weight is 294 g/mol. The van der Waals surface area contributed by atoms with Gasteiger partial charge >= 0.3 is 0 Å². The number of hydrogen-bond donors (Lipinski definition) is 2. The second-order valence-corrected chi connectivity index (χ2v) is 5.43. The van der Waals surface area contributed by atoms with E-state index in [2.05, 4.69) is 10.6 Å². The van der Waals surface area contributed by atoms with Crippen molar-refractivity contribution in [1.82, 2.24) is 0 Å². The van der Waals surface area contributed by atoms with E-state index in [0.29, 0.717) is 0 Å². The highest BCUT2D eigenvalue weighted by Gasteiger charge is 2.22. The summed E-state index contributed by atoms with van der Waals surface area (Å²) < 4.78 is 0. The Morgan fingerprint density at radius 1 is 1.27 bits per heavy atom. The molecule has 0 bridgehead atoms. The highest BCUT2D eigenvalue weighted by molar-refractivity contribution is 5.94. The Labute approximate surface area is 130 Å². The van der Waals surface area contributed by atoms with E-state index in [9.17, 15) is 4.79 Å². The average Bonchev–Trinajstić information content (AvgIpc) is 3.05. The zero-order valence-corrected chi connectivity index (χ0v) is 12.5. The maximum absolute atomic E-state index is 12.2. The van der Waals surface area contributed by atoms with Gasteiger partial charge in [-0.2, -0.15) is 10.5 Å². The Bertz CT molecular complexity index is 657. The molecule has 2 rings (SSSR count). The monoisotopic (exact) mass is 294 g/mol. The topological polar surface area (TPSA) is 88.7 Å². The lowest BCUT2D eigenvalue weighted by molar-refractivity contribution is -0.119.